The highest BCUT2D eigenvalue weighted by atomic mass is 19.4. The summed E-state index contributed by atoms with van der Waals surface area (Å²) in [5.74, 6) is 0. The Kier molecular flexibility index (Phi) is 10.5. The third kappa shape index (κ3) is 6.20. The van der Waals surface area contributed by atoms with Gasteiger partial charge < -0.3 is 15.1 Å². The number of H-pyrrole nitrogens is 2. The molecular weight excluding hydrogens is 609 g/mol. The van der Waals surface area contributed by atoms with E-state index in [9.17, 15) is 18.3 Å². The molecule has 1 atom stereocenters. The topological polar surface area (TPSA) is 77.6 Å². The van der Waals surface area contributed by atoms with E-state index in [-0.39, 0.29) is 0 Å². The highest BCUT2D eigenvalue weighted by Crippen LogP contribution is 2.41. The lowest BCUT2D eigenvalue weighted by Crippen LogP contribution is -2.25. The number of aliphatic hydroxyl groups is 1. The van der Waals surface area contributed by atoms with Gasteiger partial charge in [0.2, 0.25) is 0 Å². The molecule has 8 heteroatoms. The maximum atomic E-state index is 13.6. The summed E-state index contributed by atoms with van der Waals surface area (Å²) in [6.45, 7) is 17.0. The van der Waals surface area contributed by atoms with Crippen molar-refractivity contribution in [1.29, 1.82) is 0 Å². The van der Waals surface area contributed by atoms with Crippen molar-refractivity contribution in [2.45, 2.75) is 119 Å². The van der Waals surface area contributed by atoms with E-state index in [0.29, 0.717) is 30.5 Å². The molecule has 48 heavy (non-hydrogen) atoms. The van der Waals surface area contributed by atoms with Crippen LogP contribution in [0.1, 0.15) is 132 Å². The number of nitrogens with zero attached hydrogens (tertiary/aromatic N) is 2. The molecular formula is C40H49F3N4O. The number of aryl methyl sites for hydroxylation is 4. The lowest BCUT2D eigenvalue weighted by Gasteiger charge is -2.11. The summed E-state index contributed by atoms with van der Waals surface area (Å²) in [7, 11) is 0. The van der Waals surface area contributed by atoms with Crippen molar-refractivity contribution in [3.63, 3.8) is 0 Å². The molecule has 0 spiro atoms. The highest BCUT2D eigenvalue weighted by Gasteiger charge is 2.36. The Bertz CT molecular complexity index is 1970. The zero-order valence-corrected chi connectivity index (χ0v) is 29.6. The minimum atomic E-state index is -4.78. The molecule has 1 unspecified atom stereocenters. The molecule has 0 saturated heterocycles. The second kappa shape index (κ2) is 14.3. The van der Waals surface area contributed by atoms with Crippen molar-refractivity contribution in [2.75, 3.05) is 0 Å². The lowest BCUT2D eigenvalue weighted by molar-refractivity contribution is -0.187. The molecule has 3 aromatic heterocycles. The van der Waals surface area contributed by atoms with Crippen LogP contribution in [0.5, 0.6) is 0 Å². The second-order valence-electron chi connectivity index (χ2n) is 12.4. The fraction of sp³-hybridized carbons (Fsp3) is 0.450. The van der Waals surface area contributed by atoms with Crippen molar-refractivity contribution in [3.05, 3.63) is 74.9 Å². The molecule has 0 aliphatic carbocycles. The average Bonchev–Trinajstić information content (AvgIpc) is 3.79. The number of rotatable bonds is 10. The summed E-state index contributed by atoms with van der Waals surface area (Å²) in [5.41, 5.74) is 16.7. The first-order chi connectivity index (χ1) is 23.0. The Morgan fingerprint density at radius 3 is 1.58 bits per heavy atom. The maximum absolute atomic E-state index is 13.6. The van der Waals surface area contributed by atoms with E-state index in [2.05, 4.69) is 83.6 Å². The van der Waals surface area contributed by atoms with Gasteiger partial charge in [-0.15, -0.1) is 0 Å². The second-order valence-corrected chi connectivity index (χ2v) is 12.4. The molecule has 3 aromatic rings. The van der Waals surface area contributed by atoms with E-state index >= 15 is 0 Å². The van der Waals surface area contributed by atoms with Crippen LogP contribution >= 0.6 is 0 Å². The van der Waals surface area contributed by atoms with Gasteiger partial charge in [-0.1, -0.05) is 61.5 Å². The van der Waals surface area contributed by atoms with Crippen LogP contribution in [0.4, 0.5) is 13.2 Å². The third-order valence-electron chi connectivity index (χ3n) is 9.93. The van der Waals surface area contributed by atoms with Gasteiger partial charge in [-0.05, 0) is 120 Å². The first kappa shape index (κ1) is 35.4. The van der Waals surface area contributed by atoms with Gasteiger partial charge >= 0.3 is 6.18 Å². The Labute approximate surface area is 282 Å². The number of hydrogen-bond donors (Lipinski definition) is 3. The summed E-state index contributed by atoms with van der Waals surface area (Å²) < 4.78 is 40.8. The molecule has 0 radical (unpaired) electrons. The normalized spacial score (nSPS) is 14.6. The zero-order chi connectivity index (χ0) is 34.9. The van der Waals surface area contributed by atoms with E-state index in [1.807, 2.05) is 0 Å². The molecule has 0 aromatic carbocycles. The summed E-state index contributed by atoms with van der Waals surface area (Å²) in [5, 5.41) is 10.1. The zero-order valence-electron chi connectivity index (χ0n) is 29.6. The number of alkyl halides is 3. The van der Waals surface area contributed by atoms with Gasteiger partial charge in [0.1, 0.15) is 0 Å². The van der Waals surface area contributed by atoms with Crippen LogP contribution in [0.15, 0.2) is 24.3 Å². The number of nitrogens with one attached hydrogen (secondary N) is 2. The Morgan fingerprint density at radius 2 is 1.06 bits per heavy atom. The summed E-state index contributed by atoms with van der Waals surface area (Å²) in [6.07, 6.45) is 1.02. The standard InChI is InChI=1S/C40H49F3N4O/c1-9-22-24(11-3)33-20-35-26(13-5)28(15-7)38(46-35)30(17-18-37(48)40(41,42)43)39-29(16-8)27(14-6)36(47-39)21-34-25(12-4)23(10-2)32(45-34)19-31(22)44-33/h17-21,37,44,46,48H,9-16H2,1-8H3/b18-17+,31-19?,32-19?,33-20?,34-21?,35-20?,36-21?,38-30?,39-30?. The lowest BCUT2D eigenvalue weighted by atomic mass is 9.95. The van der Waals surface area contributed by atoms with Crippen molar-refractivity contribution < 1.29 is 18.3 Å². The molecule has 3 N–H and O–H groups in total. The number of aromatic nitrogens is 4. The largest absolute Gasteiger partial charge is 0.417 e. The minimum Gasteiger partial charge on any atom is -0.380 e. The fourth-order valence-corrected chi connectivity index (χ4v) is 7.68. The van der Waals surface area contributed by atoms with Crippen molar-refractivity contribution in [3.8, 4) is 0 Å². The Balaban J connectivity index is 2.09. The van der Waals surface area contributed by atoms with Crippen molar-refractivity contribution >= 4 is 50.4 Å². The van der Waals surface area contributed by atoms with Gasteiger partial charge in [-0.25, -0.2) is 9.97 Å². The predicted octanol–water partition coefficient (Wildman–Crippen LogP) is 11.0. The molecule has 5 rings (SSSR count). The monoisotopic (exact) mass is 658 g/mol. The van der Waals surface area contributed by atoms with Crippen LogP contribution in [-0.4, -0.2) is 37.3 Å². The van der Waals surface area contributed by atoms with Gasteiger partial charge in [0.25, 0.3) is 0 Å². The van der Waals surface area contributed by atoms with Crippen molar-refractivity contribution in [2.24, 2.45) is 0 Å². The van der Waals surface area contributed by atoms with Crippen LogP contribution < -0.4 is 0 Å². The number of allylic oxidation sites excluding steroid dienone is 4. The molecule has 256 valence electrons. The SMILES string of the molecule is CCC1=C(CC)c2cc3[nH]c(cc4[nH]c(c(/C=C/C(O)C(F)(F)F)c5nc(cc1n2)C(CC)=C5CC)c(CC)c4CC)c(CC)c3CC. The van der Waals surface area contributed by atoms with Gasteiger partial charge in [0, 0.05) is 22.1 Å². The minimum absolute atomic E-state index is 0.550. The van der Waals surface area contributed by atoms with Crippen LogP contribution in [0, 0.1) is 0 Å². The van der Waals surface area contributed by atoms with E-state index < -0.39 is 12.3 Å². The predicted molar refractivity (Wildman–Crippen MR) is 194 cm³/mol. The van der Waals surface area contributed by atoms with E-state index in [4.69, 9.17) is 9.97 Å². The Hall–Kier alpha value is -3.91. The quantitative estimate of drug-likeness (QED) is 0.203. The molecule has 5 heterocycles. The van der Waals surface area contributed by atoms with Gasteiger partial charge in [-0.3, -0.25) is 0 Å². The van der Waals surface area contributed by atoms with Gasteiger partial charge in [0.15, 0.2) is 6.10 Å². The number of aromatic amines is 2. The van der Waals surface area contributed by atoms with Gasteiger partial charge in [-0.2, -0.15) is 13.2 Å². The Morgan fingerprint density at radius 1 is 0.604 bits per heavy atom. The van der Waals surface area contributed by atoms with Crippen LogP contribution in [0.3, 0.4) is 0 Å². The first-order valence-electron chi connectivity index (χ1n) is 17.7. The van der Waals surface area contributed by atoms with Gasteiger partial charge in [0.05, 0.1) is 28.3 Å². The van der Waals surface area contributed by atoms with E-state index in [1.54, 1.807) is 0 Å². The summed E-state index contributed by atoms with van der Waals surface area (Å²) in [6, 6.07) is 6.44. The number of hydrogen-bond acceptors (Lipinski definition) is 3. The summed E-state index contributed by atoms with van der Waals surface area (Å²) >= 11 is 0. The highest BCUT2D eigenvalue weighted by molar-refractivity contribution is 5.98. The third-order valence-corrected chi connectivity index (χ3v) is 9.93. The fourth-order valence-electron chi connectivity index (χ4n) is 7.68. The number of halogens is 3. The van der Waals surface area contributed by atoms with Crippen LogP contribution in [-0.2, 0) is 25.7 Å². The number of aliphatic hydroxyl groups excluding tert-OH is 1. The molecule has 0 amide bonds. The molecule has 8 bridgehead atoms. The molecule has 2 aliphatic rings. The van der Waals surface area contributed by atoms with E-state index in [1.165, 1.54) is 28.3 Å². The summed E-state index contributed by atoms with van der Waals surface area (Å²) in [4.78, 5) is 17.8. The molecule has 5 nitrogen and oxygen atoms in total. The molecule has 2 aliphatic heterocycles. The van der Waals surface area contributed by atoms with E-state index in [0.717, 1.165) is 99.6 Å². The first-order valence-corrected chi connectivity index (χ1v) is 17.7. The molecule has 0 saturated carbocycles. The maximum Gasteiger partial charge on any atom is 0.417 e. The average molecular weight is 659 g/mol. The van der Waals surface area contributed by atoms with Crippen LogP contribution in [0.25, 0.3) is 50.4 Å². The molecule has 0 fully saturated rings. The number of fused-ring (bicyclic) bond motifs is 8. The van der Waals surface area contributed by atoms with Crippen LogP contribution in [0.2, 0.25) is 0 Å². The van der Waals surface area contributed by atoms with Crippen molar-refractivity contribution in [1.82, 2.24) is 19.9 Å². The smallest absolute Gasteiger partial charge is 0.380 e.